The fraction of sp³-hybridized carbons (Fsp3) is 1.00. The SMILES string of the molecule is CCCCCCCC(CCCCCC)N1CCCCC1. The van der Waals surface area contributed by atoms with Crippen LogP contribution in [-0.2, 0) is 0 Å². The van der Waals surface area contributed by atoms with Gasteiger partial charge in [-0.3, -0.25) is 0 Å². The van der Waals surface area contributed by atoms with Gasteiger partial charge in [-0.05, 0) is 38.8 Å². The maximum Gasteiger partial charge on any atom is 0.00952 e. The first kappa shape index (κ1) is 18.0. The molecule has 0 spiro atoms. The van der Waals surface area contributed by atoms with Crippen LogP contribution in [0.15, 0.2) is 0 Å². The molecule has 0 aromatic carbocycles. The minimum Gasteiger partial charge on any atom is -0.300 e. The first-order valence-corrected chi connectivity index (χ1v) is 9.62. The van der Waals surface area contributed by atoms with Gasteiger partial charge in [0.05, 0.1) is 0 Å². The zero-order chi connectivity index (χ0) is 14.5. The molecule has 1 nitrogen and oxygen atoms in total. The van der Waals surface area contributed by atoms with Crippen molar-refractivity contribution in [2.75, 3.05) is 13.1 Å². The number of piperidine rings is 1. The van der Waals surface area contributed by atoms with Crippen molar-refractivity contribution in [1.82, 2.24) is 4.90 Å². The lowest BCUT2D eigenvalue weighted by Gasteiger charge is -2.35. The van der Waals surface area contributed by atoms with Gasteiger partial charge in [-0.1, -0.05) is 78.1 Å². The van der Waals surface area contributed by atoms with Crippen LogP contribution in [0.2, 0.25) is 0 Å². The van der Waals surface area contributed by atoms with Crippen LogP contribution in [0.5, 0.6) is 0 Å². The molecule has 0 N–H and O–H groups in total. The van der Waals surface area contributed by atoms with Crippen molar-refractivity contribution in [1.29, 1.82) is 0 Å². The van der Waals surface area contributed by atoms with Crippen LogP contribution in [0, 0.1) is 0 Å². The highest BCUT2D eigenvalue weighted by Crippen LogP contribution is 2.21. The van der Waals surface area contributed by atoms with Crippen molar-refractivity contribution < 1.29 is 0 Å². The first-order valence-electron chi connectivity index (χ1n) is 9.62. The summed E-state index contributed by atoms with van der Waals surface area (Å²) < 4.78 is 0. The van der Waals surface area contributed by atoms with Crippen LogP contribution in [0.1, 0.15) is 104 Å². The Labute approximate surface area is 128 Å². The molecular weight excluding hydrogens is 242 g/mol. The van der Waals surface area contributed by atoms with Crippen LogP contribution in [0.4, 0.5) is 0 Å². The van der Waals surface area contributed by atoms with Gasteiger partial charge in [-0.15, -0.1) is 0 Å². The number of hydrogen-bond acceptors (Lipinski definition) is 1. The molecule has 1 rings (SSSR count). The maximum atomic E-state index is 2.83. The molecule has 0 amide bonds. The van der Waals surface area contributed by atoms with E-state index >= 15 is 0 Å². The van der Waals surface area contributed by atoms with E-state index in [-0.39, 0.29) is 0 Å². The molecule has 120 valence electrons. The summed E-state index contributed by atoms with van der Waals surface area (Å²) in [6, 6.07) is 0.911. The standard InChI is InChI=1S/C19H39N/c1-3-5-7-9-12-16-19(15-11-8-6-4-2)20-17-13-10-14-18-20/h19H,3-18H2,1-2H3. The van der Waals surface area contributed by atoms with Crippen LogP contribution in [0.3, 0.4) is 0 Å². The van der Waals surface area contributed by atoms with E-state index < -0.39 is 0 Å². The van der Waals surface area contributed by atoms with Gasteiger partial charge in [0.2, 0.25) is 0 Å². The van der Waals surface area contributed by atoms with Crippen molar-refractivity contribution in [3.8, 4) is 0 Å². The second-order valence-corrected chi connectivity index (χ2v) is 6.80. The van der Waals surface area contributed by atoms with Crippen LogP contribution < -0.4 is 0 Å². The fourth-order valence-electron chi connectivity index (χ4n) is 3.58. The molecule has 0 aromatic heterocycles. The topological polar surface area (TPSA) is 3.24 Å². The third-order valence-electron chi connectivity index (χ3n) is 4.94. The lowest BCUT2D eigenvalue weighted by Crippen LogP contribution is -2.39. The van der Waals surface area contributed by atoms with Gasteiger partial charge >= 0.3 is 0 Å². The molecule has 1 heteroatoms. The molecule has 1 heterocycles. The predicted octanol–water partition coefficient (Wildman–Crippen LogP) is 6.17. The molecular formula is C19H39N. The van der Waals surface area contributed by atoms with Gasteiger partial charge < -0.3 is 4.90 Å². The monoisotopic (exact) mass is 281 g/mol. The zero-order valence-electron chi connectivity index (χ0n) is 14.3. The maximum absolute atomic E-state index is 2.83. The molecule has 1 aliphatic rings. The average Bonchev–Trinajstić information content (AvgIpc) is 2.50. The van der Waals surface area contributed by atoms with Crippen molar-refractivity contribution >= 4 is 0 Å². The molecule has 1 saturated heterocycles. The third-order valence-corrected chi connectivity index (χ3v) is 4.94. The van der Waals surface area contributed by atoms with Gasteiger partial charge in [0.25, 0.3) is 0 Å². The lowest BCUT2D eigenvalue weighted by atomic mass is 9.97. The van der Waals surface area contributed by atoms with Gasteiger partial charge in [-0.2, -0.15) is 0 Å². The molecule has 0 aliphatic carbocycles. The van der Waals surface area contributed by atoms with Crippen molar-refractivity contribution in [3.63, 3.8) is 0 Å². The highest BCUT2D eigenvalue weighted by atomic mass is 15.2. The molecule has 0 radical (unpaired) electrons. The van der Waals surface area contributed by atoms with E-state index in [1.165, 1.54) is 103 Å². The van der Waals surface area contributed by atoms with Crippen molar-refractivity contribution in [3.05, 3.63) is 0 Å². The third kappa shape index (κ3) is 8.29. The number of unbranched alkanes of at least 4 members (excludes halogenated alkanes) is 7. The highest BCUT2D eigenvalue weighted by Gasteiger charge is 2.19. The second-order valence-electron chi connectivity index (χ2n) is 6.80. The Bertz CT molecular complexity index is 196. The molecule has 20 heavy (non-hydrogen) atoms. The van der Waals surface area contributed by atoms with E-state index in [2.05, 4.69) is 18.7 Å². The van der Waals surface area contributed by atoms with E-state index in [9.17, 15) is 0 Å². The molecule has 0 aromatic rings. The van der Waals surface area contributed by atoms with Crippen molar-refractivity contribution in [2.24, 2.45) is 0 Å². The largest absolute Gasteiger partial charge is 0.300 e. The van der Waals surface area contributed by atoms with E-state index in [4.69, 9.17) is 0 Å². The summed E-state index contributed by atoms with van der Waals surface area (Å²) in [4.78, 5) is 2.83. The quantitative estimate of drug-likeness (QED) is 0.386. The number of hydrogen-bond donors (Lipinski definition) is 0. The highest BCUT2D eigenvalue weighted by molar-refractivity contribution is 4.75. The summed E-state index contributed by atoms with van der Waals surface area (Å²) in [6.45, 7) is 7.39. The molecule has 1 aliphatic heterocycles. The Hall–Kier alpha value is -0.0400. The predicted molar refractivity (Wildman–Crippen MR) is 91.3 cm³/mol. The van der Waals surface area contributed by atoms with Crippen LogP contribution >= 0.6 is 0 Å². The Balaban J connectivity index is 2.22. The van der Waals surface area contributed by atoms with E-state index in [0.717, 1.165) is 6.04 Å². The normalized spacial score (nSPS) is 18.3. The summed E-state index contributed by atoms with van der Waals surface area (Å²) in [5.41, 5.74) is 0. The zero-order valence-corrected chi connectivity index (χ0v) is 14.3. The van der Waals surface area contributed by atoms with Crippen LogP contribution in [-0.4, -0.2) is 24.0 Å². The Morgan fingerprint density at radius 3 is 1.70 bits per heavy atom. The van der Waals surface area contributed by atoms with E-state index in [0.29, 0.717) is 0 Å². The van der Waals surface area contributed by atoms with Crippen molar-refractivity contribution in [2.45, 2.75) is 110 Å². The number of rotatable bonds is 12. The molecule has 1 unspecified atom stereocenters. The molecule has 1 atom stereocenters. The van der Waals surface area contributed by atoms with Gasteiger partial charge in [-0.25, -0.2) is 0 Å². The van der Waals surface area contributed by atoms with Gasteiger partial charge in [0.1, 0.15) is 0 Å². The average molecular weight is 282 g/mol. The summed E-state index contributed by atoms with van der Waals surface area (Å²) in [6.07, 6.45) is 20.2. The Morgan fingerprint density at radius 2 is 1.15 bits per heavy atom. The smallest absolute Gasteiger partial charge is 0.00952 e. The molecule has 0 bridgehead atoms. The van der Waals surface area contributed by atoms with Gasteiger partial charge in [0, 0.05) is 6.04 Å². The summed E-state index contributed by atoms with van der Waals surface area (Å²) in [7, 11) is 0. The lowest BCUT2D eigenvalue weighted by molar-refractivity contribution is 0.142. The van der Waals surface area contributed by atoms with E-state index in [1.54, 1.807) is 0 Å². The Morgan fingerprint density at radius 1 is 0.650 bits per heavy atom. The first-order chi connectivity index (χ1) is 9.88. The fourth-order valence-corrected chi connectivity index (χ4v) is 3.58. The summed E-state index contributed by atoms with van der Waals surface area (Å²) in [5, 5.41) is 0. The summed E-state index contributed by atoms with van der Waals surface area (Å²) >= 11 is 0. The van der Waals surface area contributed by atoms with Gasteiger partial charge in [0.15, 0.2) is 0 Å². The Kier molecular flexibility index (Phi) is 11.4. The minimum absolute atomic E-state index is 0.911. The molecule has 1 fully saturated rings. The second kappa shape index (κ2) is 12.7. The molecule has 0 saturated carbocycles. The number of likely N-dealkylation sites (tertiary alicyclic amines) is 1. The summed E-state index contributed by atoms with van der Waals surface area (Å²) in [5.74, 6) is 0. The number of nitrogens with zero attached hydrogens (tertiary/aromatic N) is 1. The van der Waals surface area contributed by atoms with Crippen LogP contribution in [0.25, 0.3) is 0 Å². The minimum atomic E-state index is 0.911. The van der Waals surface area contributed by atoms with E-state index in [1.807, 2.05) is 0 Å².